The van der Waals surface area contributed by atoms with E-state index in [9.17, 15) is 9.59 Å². The molecule has 1 fully saturated rings. The van der Waals surface area contributed by atoms with Crippen LogP contribution in [0.15, 0.2) is 47.5 Å². The van der Waals surface area contributed by atoms with E-state index < -0.39 is 0 Å². The molecule has 0 spiro atoms. The van der Waals surface area contributed by atoms with E-state index in [1.54, 1.807) is 4.90 Å². The van der Waals surface area contributed by atoms with Crippen LogP contribution in [0, 0.1) is 20.8 Å². The van der Waals surface area contributed by atoms with Crippen molar-refractivity contribution >= 4 is 16.8 Å². The van der Waals surface area contributed by atoms with Crippen LogP contribution in [0.3, 0.4) is 0 Å². The number of H-pyrrole nitrogens is 2. The predicted molar refractivity (Wildman–Crippen MR) is 152 cm³/mol. The molecule has 1 aromatic carbocycles. The lowest BCUT2D eigenvalue weighted by Crippen LogP contribution is -2.38. The minimum Gasteiger partial charge on any atom is -0.361 e. The zero-order chi connectivity index (χ0) is 27.0. The number of aryl methyl sites for hydroxylation is 3. The Morgan fingerprint density at radius 3 is 2.47 bits per heavy atom. The molecule has 1 aliphatic heterocycles. The fourth-order valence-corrected chi connectivity index (χ4v) is 5.52. The number of rotatable bonds is 7. The highest BCUT2D eigenvalue weighted by molar-refractivity contribution is 6.09. The molecule has 0 bridgehead atoms. The Bertz CT molecular complexity index is 1520. The molecule has 1 aliphatic rings. The average Bonchev–Trinajstić information content (AvgIpc) is 3.52. The maximum Gasteiger partial charge on any atom is 0.255 e. The Hall–Kier alpha value is -3.71. The first-order valence-electron chi connectivity index (χ1n) is 13.5. The van der Waals surface area contributed by atoms with Crippen molar-refractivity contribution in [1.29, 1.82) is 0 Å². The molecule has 4 aromatic rings. The first kappa shape index (κ1) is 25.9. The topological polar surface area (TPSA) is 85.1 Å². The van der Waals surface area contributed by atoms with Crippen LogP contribution in [0.5, 0.6) is 0 Å². The Morgan fingerprint density at radius 1 is 1.05 bits per heavy atom. The number of aromatic nitrogens is 3. The molecular weight excluding hydrogens is 474 g/mol. The summed E-state index contributed by atoms with van der Waals surface area (Å²) >= 11 is 0. The minimum absolute atomic E-state index is 0.0902. The van der Waals surface area contributed by atoms with Gasteiger partial charge in [0.25, 0.3) is 11.5 Å². The number of carbonyl (C=O) groups excluding carboxylic acids is 1. The fraction of sp³-hybridized carbons (Fsp3) is 0.387. The SMILES string of the molecule is Cc1cc(C)c(CN(C(=O)c2cc(-c3ccc(CN4CCCC4)nc3)cc3[nH]cc(C)c23)C(C)C)c(=O)[nH]1. The Kier molecular flexibility index (Phi) is 7.21. The van der Waals surface area contributed by atoms with Gasteiger partial charge in [-0.25, -0.2) is 0 Å². The maximum absolute atomic E-state index is 14.2. The van der Waals surface area contributed by atoms with Crippen LogP contribution in [0.1, 0.15) is 65.1 Å². The van der Waals surface area contributed by atoms with Crippen LogP contribution in [0.4, 0.5) is 0 Å². The van der Waals surface area contributed by atoms with Crippen molar-refractivity contribution in [1.82, 2.24) is 24.8 Å². The van der Waals surface area contributed by atoms with E-state index >= 15 is 0 Å². The molecular formula is C31H37N5O2. The molecule has 4 heterocycles. The molecule has 0 unspecified atom stereocenters. The van der Waals surface area contributed by atoms with E-state index in [2.05, 4.69) is 33.1 Å². The van der Waals surface area contributed by atoms with Gasteiger partial charge in [0, 0.05) is 58.3 Å². The van der Waals surface area contributed by atoms with Gasteiger partial charge in [0.15, 0.2) is 0 Å². The number of pyridine rings is 2. The number of aromatic amines is 2. The number of hydrogen-bond donors (Lipinski definition) is 2. The summed E-state index contributed by atoms with van der Waals surface area (Å²) in [5.74, 6) is -0.0902. The molecule has 2 N–H and O–H groups in total. The first-order chi connectivity index (χ1) is 18.2. The van der Waals surface area contributed by atoms with Gasteiger partial charge in [-0.3, -0.25) is 19.5 Å². The van der Waals surface area contributed by atoms with E-state index in [1.807, 2.05) is 59.1 Å². The van der Waals surface area contributed by atoms with Gasteiger partial charge in [-0.2, -0.15) is 0 Å². The van der Waals surface area contributed by atoms with Crippen LogP contribution in [0.2, 0.25) is 0 Å². The molecule has 0 saturated carbocycles. The standard InChI is InChI=1S/C31H37N5O2/c1-19(2)36(18-27-20(3)12-22(5)34-30(27)37)31(38)26-13-24(14-28-29(26)21(4)15-33-28)23-8-9-25(32-16-23)17-35-10-6-7-11-35/h8-9,12-16,19,33H,6-7,10-11,17-18H2,1-5H3,(H,34,37). The smallest absolute Gasteiger partial charge is 0.255 e. The Morgan fingerprint density at radius 2 is 1.82 bits per heavy atom. The van der Waals surface area contributed by atoms with Crippen molar-refractivity contribution in [2.24, 2.45) is 0 Å². The zero-order valence-electron chi connectivity index (χ0n) is 23.0. The van der Waals surface area contributed by atoms with Gasteiger partial charge in [-0.1, -0.05) is 6.07 Å². The highest BCUT2D eigenvalue weighted by Crippen LogP contribution is 2.31. The molecule has 7 nitrogen and oxygen atoms in total. The number of fused-ring (bicyclic) bond motifs is 1. The lowest BCUT2D eigenvalue weighted by molar-refractivity contribution is 0.0691. The van der Waals surface area contributed by atoms with Crippen molar-refractivity contribution in [3.05, 3.63) is 86.7 Å². The Balaban J connectivity index is 1.51. The fourth-order valence-electron chi connectivity index (χ4n) is 5.52. The third-order valence-electron chi connectivity index (χ3n) is 7.66. The van der Waals surface area contributed by atoms with Crippen LogP contribution < -0.4 is 5.56 Å². The molecule has 1 amide bonds. The lowest BCUT2D eigenvalue weighted by Gasteiger charge is -2.28. The number of carbonyl (C=O) groups is 1. The number of amides is 1. The van der Waals surface area contributed by atoms with E-state index in [4.69, 9.17) is 4.98 Å². The summed E-state index contributed by atoms with van der Waals surface area (Å²) in [6, 6.07) is 10.1. The molecule has 198 valence electrons. The monoisotopic (exact) mass is 511 g/mol. The van der Waals surface area contributed by atoms with E-state index in [0.29, 0.717) is 11.1 Å². The first-order valence-corrected chi connectivity index (χ1v) is 13.5. The van der Waals surface area contributed by atoms with Crippen LogP contribution in [0.25, 0.3) is 22.0 Å². The van der Waals surface area contributed by atoms with Gasteiger partial charge in [0.2, 0.25) is 0 Å². The van der Waals surface area contributed by atoms with Crippen molar-refractivity contribution in [3.63, 3.8) is 0 Å². The van der Waals surface area contributed by atoms with Crippen LogP contribution in [-0.4, -0.2) is 49.8 Å². The van der Waals surface area contributed by atoms with E-state index in [1.165, 1.54) is 12.8 Å². The van der Waals surface area contributed by atoms with Gasteiger partial charge >= 0.3 is 0 Å². The molecule has 7 heteroatoms. The summed E-state index contributed by atoms with van der Waals surface area (Å²) in [4.78, 5) is 42.1. The molecule has 3 aromatic heterocycles. The number of hydrogen-bond acceptors (Lipinski definition) is 4. The summed E-state index contributed by atoms with van der Waals surface area (Å²) in [5, 5.41) is 0.914. The highest BCUT2D eigenvalue weighted by Gasteiger charge is 2.25. The second-order valence-corrected chi connectivity index (χ2v) is 10.9. The van der Waals surface area contributed by atoms with Gasteiger partial charge in [0.05, 0.1) is 12.2 Å². The predicted octanol–water partition coefficient (Wildman–Crippen LogP) is 5.49. The van der Waals surface area contributed by atoms with E-state index in [0.717, 1.165) is 64.2 Å². The number of likely N-dealkylation sites (tertiary alicyclic amines) is 1. The third-order valence-corrected chi connectivity index (χ3v) is 7.66. The summed E-state index contributed by atoms with van der Waals surface area (Å²) in [5.41, 5.74) is 7.72. The average molecular weight is 512 g/mol. The van der Waals surface area contributed by atoms with Gasteiger partial charge in [-0.05, 0) is 102 Å². The van der Waals surface area contributed by atoms with Gasteiger partial charge in [-0.15, -0.1) is 0 Å². The molecule has 0 radical (unpaired) electrons. The molecule has 0 atom stereocenters. The van der Waals surface area contributed by atoms with Crippen LogP contribution in [-0.2, 0) is 13.1 Å². The quantitative estimate of drug-likeness (QED) is 0.344. The second-order valence-electron chi connectivity index (χ2n) is 10.9. The Labute approximate surface area is 223 Å². The lowest BCUT2D eigenvalue weighted by atomic mass is 9.98. The highest BCUT2D eigenvalue weighted by atomic mass is 16.2. The zero-order valence-corrected chi connectivity index (χ0v) is 23.0. The van der Waals surface area contributed by atoms with Crippen molar-refractivity contribution < 1.29 is 4.79 Å². The van der Waals surface area contributed by atoms with E-state index in [-0.39, 0.29) is 24.1 Å². The number of nitrogens with zero attached hydrogens (tertiary/aromatic N) is 3. The molecule has 5 rings (SSSR count). The largest absolute Gasteiger partial charge is 0.361 e. The number of benzene rings is 1. The van der Waals surface area contributed by atoms with Crippen molar-refractivity contribution in [2.45, 2.75) is 66.6 Å². The van der Waals surface area contributed by atoms with Gasteiger partial charge in [0.1, 0.15) is 0 Å². The molecule has 0 aliphatic carbocycles. The summed E-state index contributed by atoms with van der Waals surface area (Å²) in [6.45, 7) is 13.2. The maximum atomic E-state index is 14.2. The van der Waals surface area contributed by atoms with Crippen molar-refractivity contribution in [2.75, 3.05) is 13.1 Å². The minimum atomic E-state index is -0.141. The summed E-state index contributed by atoms with van der Waals surface area (Å²) in [6.07, 6.45) is 6.37. The normalized spacial score (nSPS) is 14.1. The molecule has 1 saturated heterocycles. The molecule has 38 heavy (non-hydrogen) atoms. The summed E-state index contributed by atoms with van der Waals surface area (Å²) < 4.78 is 0. The third kappa shape index (κ3) is 5.16. The summed E-state index contributed by atoms with van der Waals surface area (Å²) in [7, 11) is 0. The van der Waals surface area contributed by atoms with Gasteiger partial charge < -0.3 is 14.9 Å². The number of nitrogens with one attached hydrogen (secondary N) is 2. The van der Waals surface area contributed by atoms with Crippen LogP contribution >= 0.6 is 0 Å². The van der Waals surface area contributed by atoms with Crippen molar-refractivity contribution in [3.8, 4) is 11.1 Å². The second kappa shape index (κ2) is 10.6.